The van der Waals surface area contributed by atoms with Gasteiger partial charge in [-0.3, -0.25) is 0 Å². The summed E-state index contributed by atoms with van der Waals surface area (Å²) in [5.41, 5.74) is 0.744. The van der Waals surface area contributed by atoms with E-state index in [1.165, 1.54) is 38.1 Å². The molecule has 0 heterocycles. The molecule has 0 N–H and O–H groups in total. The number of rotatable bonds is 8. The van der Waals surface area contributed by atoms with Crippen molar-refractivity contribution in [1.82, 2.24) is 0 Å². The van der Waals surface area contributed by atoms with Gasteiger partial charge in [-0.15, -0.1) is 0 Å². The lowest BCUT2D eigenvalue weighted by atomic mass is 10.1. The lowest BCUT2D eigenvalue weighted by Crippen LogP contribution is -2.22. The van der Waals surface area contributed by atoms with Crippen LogP contribution >= 0.6 is 22.2 Å². The van der Waals surface area contributed by atoms with Crippen LogP contribution < -0.4 is 0 Å². The van der Waals surface area contributed by atoms with Gasteiger partial charge in [-0.05, 0) is 11.6 Å². The van der Waals surface area contributed by atoms with Crippen LogP contribution in [0.2, 0.25) is 37.8 Å². The Labute approximate surface area is 114 Å². The van der Waals surface area contributed by atoms with E-state index in [0.717, 1.165) is 5.54 Å². The molecule has 0 aliphatic heterocycles. The molecule has 0 saturated heterocycles. The van der Waals surface area contributed by atoms with Gasteiger partial charge in [0.25, 0.3) is 0 Å². The maximum absolute atomic E-state index is 6.41. The van der Waals surface area contributed by atoms with Crippen LogP contribution in [-0.4, -0.2) is 14.8 Å². The molecule has 0 bridgehead atoms. The van der Waals surface area contributed by atoms with Crippen molar-refractivity contribution in [2.75, 3.05) is 0 Å². The SMILES string of the molecule is CC(CCCCCC[Si](C)(C)Cl)[Si](C)(C)Cl. The van der Waals surface area contributed by atoms with Crippen LogP contribution in [0.25, 0.3) is 0 Å². The summed E-state index contributed by atoms with van der Waals surface area (Å²) >= 11 is 12.7. The summed E-state index contributed by atoms with van der Waals surface area (Å²) in [4.78, 5) is 0. The molecule has 0 radical (unpaired) electrons. The van der Waals surface area contributed by atoms with Gasteiger partial charge >= 0.3 is 0 Å². The van der Waals surface area contributed by atoms with Crippen molar-refractivity contribution < 1.29 is 0 Å². The highest BCUT2D eigenvalue weighted by molar-refractivity contribution is 7.19. The first kappa shape index (κ1) is 17.0. The van der Waals surface area contributed by atoms with E-state index < -0.39 is 14.8 Å². The van der Waals surface area contributed by atoms with Gasteiger partial charge in [0.2, 0.25) is 0 Å². The highest BCUT2D eigenvalue weighted by atomic mass is 35.6. The van der Waals surface area contributed by atoms with Gasteiger partial charge in [0, 0.05) is 0 Å². The van der Waals surface area contributed by atoms with E-state index in [-0.39, 0.29) is 0 Å². The van der Waals surface area contributed by atoms with Crippen molar-refractivity contribution in [3.63, 3.8) is 0 Å². The molecule has 0 rings (SSSR count). The van der Waals surface area contributed by atoms with Crippen molar-refractivity contribution in [2.24, 2.45) is 0 Å². The third-order valence-electron chi connectivity index (χ3n) is 3.33. The highest BCUT2D eigenvalue weighted by Gasteiger charge is 2.25. The van der Waals surface area contributed by atoms with E-state index in [2.05, 4.69) is 33.1 Å². The Hall–Kier alpha value is 1.01. The zero-order chi connectivity index (χ0) is 12.8. The molecule has 1 unspecified atom stereocenters. The molecule has 16 heavy (non-hydrogen) atoms. The van der Waals surface area contributed by atoms with E-state index >= 15 is 0 Å². The molecule has 1 atom stereocenters. The van der Waals surface area contributed by atoms with Gasteiger partial charge in [0.1, 0.15) is 7.38 Å². The lowest BCUT2D eigenvalue weighted by Gasteiger charge is -2.22. The zero-order valence-electron chi connectivity index (χ0n) is 11.6. The largest absolute Gasteiger partial charge is 0.168 e. The Morgan fingerprint density at radius 2 is 1.38 bits per heavy atom. The standard InChI is InChI=1S/C12H28Cl2Si2/c1-12(16(4,5)14)10-8-6-7-9-11-15(2,3)13/h12H,6-11H2,1-5H3. The fraction of sp³-hybridized carbons (Fsp3) is 1.00. The minimum atomic E-state index is -1.40. The number of hydrogen-bond donors (Lipinski definition) is 0. The first-order chi connectivity index (χ1) is 7.13. The molecule has 0 aliphatic carbocycles. The third kappa shape index (κ3) is 10.2. The number of unbranched alkanes of at least 4 members (excludes halogenated alkanes) is 3. The Balaban J connectivity index is 3.41. The Morgan fingerprint density at radius 1 is 0.875 bits per heavy atom. The van der Waals surface area contributed by atoms with Crippen LogP contribution in [-0.2, 0) is 0 Å². The highest BCUT2D eigenvalue weighted by Crippen LogP contribution is 2.30. The van der Waals surface area contributed by atoms with E-state index in [0.29, 0.717) is 0 Å². The molecule has 0 amide bonds. The average molecular weight is 299 g/mol. The molecule has 0 aliphatic rings. The predicted octanol–water partition coefficient (Wildman–Crippen LogP) is 6.21. The second-order valence-corrected chi connectivity index (χ2v) is 20.2. The minimum Gasteiger partial charge on any atom is -0.168 e. The summed E-state index contributed by atoms with van der Waals surface area (Å²) in [7, 11) is -2.71. The topological polar surface area (TPSA) is 0 Å². The summed E-state index contributed by atoms with van der Waals surface area (Å²) in [5.74, 6) is 0. The zero-order valence-corrected chi connectivity index (χ0v) is 15.1. The molecule has 0 aromatic heterocycles. The van der Waals surface area contributed by atoms with Gasteiger partial charge in [0.05, 0.1) is 0 Å². The fourth-order valence-electron chi connectivity index (χ4n) is 1.69. The second kappa shape index (κ2) is 7.45. The summed E-state index contributed by atoms with van der Waals surface area (Å²) in [6, 6.07) is 1.26. The average Bonchev–Trinajstić information content (AvgIpc) is 2.07. The van der Waals surface area contributed by atoms with E-state index in [1.807, 2.05) is 0 Å². The lowest BCUT2D eigenvalue weighted by molar-refractivity contribution is 0.617. The quantitative estimate of drug-likeness (QED) is 0.284. The fourth-order valence-corrected chi connectivity index (χ4v) is 4.40. The summed E-state index contributed by atoms with van der Waals surface area (Å²) < 4.78 is 0. The summed E-state index contributed by atoms with van der Waals surface area (Å²) in [6.45, 7) is 11.3. The van der Waals surface area contributed by atoms with Crippen LogP contribution in [0.15, 0.2) is 0 Å². The van der Waals surface area contributed by atoms with E-state index in [4.69, 9.17) is 22.2 Å². The van der Waals surface area contributed by atoms with Crippen molar-refractivity contribution in [2.45, 2.75) is 76.8 Å². The Kier molecular flexibility index (Phi) is 7.92. The van der Waals surface area contributed by atoms with Crippen LogP contribution in [0, 0.1) is 0 Å². The second-order valence-electron chi connectivity index (χ2n) is 6.14. The molecule has 0 nitrogen and oxygen atoms in total. The van der Waals surface area contributed by atoms with Crippen molar-refractivity contribution in [1.29, 1.82) is 0 Å². The summed E-state index contributed by atoms with van der Waals surface area (Å²) in [5, 5.41) is 0. The van der Waals surface area contributed by atoms with Gasteiger partial charge < -0.3 is 0 Å². The molecule has 4 heteroatoms. The molecule has 98 valence electrons. The Bertz CT molecular complexity index is 182. The smallest absolute Gasteiger partial charge is 0.153 e. The van der Waals surface area contributed by atoms with Crippen molar-refractivity contribution in [3.8, 4) is 0 Å². The van der Waals surface area contributed by atoms with Crippen molar-refractivity contribution in [3.05, 3.63) is 0 Å². The van der Waals surface area contributed by atoms with Gasteiger partial charge in [-0.2, -0.15) is 22.2 Å². The molecule has 0 saturated carbocycles. The normalized spacial score (nSPS) is 15.2. The summed E-state index contributed by atoms with van der Waals surface area (Å²) in [6.07, 6.45) is 6.67. The van der Waals surface area contributed by atoms with Gasteiger partial charge in [-0.25, -0.2) is 0 Å². The molecule has 0 aromatic carbocycles. The van der Waals surface area contributed by atoms with Crippen LogP contribution in [0.5, 0.6) is 0 Å². The van der Waals surface area contributed by atoms with E-state index in [1.54, 1.807) is 0 Å². The number of hydrogen-bond acceptors (Lipinski definition) is 0. The molecular formula is C12H28Cl2Si2. The van der Waals surface area contributed by atoms with Gasteiger partial charge in [0.15, 0.2) is 7.38 Å². The molecular weight excluding hydrogens is 271 g/mol. The molecule has 0 aromatic rings. The van der Waals surface area contributed by atoms with Gasteiger partial charge in [-0.1, -0.05) is 65.2 Å². The Morgan fingerprint density at radius 3 is 1.81 bits per heavy atom. The first-order valence-electron chi connectivity index (χ1n) is 6.51. The maximum Gasteiger partial charge on any atom is 0.153 e. The van der Waals surface area contributed by atoms with Crippen molar-refractivity contribution >= 4 is 36.9 Å². The van der Waals surface area contributed by atoms with E-state index in [9.17, 15) is 0 Å². The van der Waals surface area contributed by atoms with Crippen LogP contribution in [0.3, 0.4) is 0 Å². The predicted molar refractivity (Wildman–Crippen MR) is 84.0 cm³/mol. The maximum atomic E-state index is 6.41. The monoisotopic (exact) mass is 298 g/mol. The number of halogens is 2. The minimum absolute atomic E-state index is 0.744. The van der Waals surface area contributed by atoms with Crippen LogP contribution in [0.4, 0.5) is 0 Å². The molecule has 0 fully saturated rings. The van der Waals surface area contributed by atoms with Crippen LogP contribution in [0.1, 0.15) is 39.0 Å². The molecule has 0 spiro atoms. The first-order valence-corrected chi connectivity index (χ1v) is 14.8. The third-order valence-corrected chi connectivity index (χ3v) is 9.19.